The van der Waals surface area contributed by atoms with Crippen molar-refractivity contribution in [2.75, 3.05) is 5.73 Å². The Bertz CT molecular complexity index is 747. The molecular formula is C14H14N4OS. The van der Waals surface area contributed by atoms with Crippen LogP contribution in [0.5, 0.6) is 0 Å². The van der Waals surface area contributed by atoms with E-state index in [1.165, 1.54) is 0 Å². The molecule has 0 fully saturated rings. The summed E-state index contributed by atoms with van der Waals surface area (Å²) in [5.41, 5.74) is 9.41. The lowest BCUT2D eigenvalue weighted by molar-refractivity contribution is 0.423. The highest BCUT2D eigenvalue weighted by molar-refractivity contribution is 7.09. The summed E-state index contributed by atoms with van der Waals surface area (Å²) in [7, 11) is 0. The summed E-state index contributed by atoms with van der Waals surface area (Å²) in [4.78, 5) is 8.82. The zero-order valence-electron chi connectivity index (χ0n) is 11.3. The van der Waals surface area contributed by atoms with E-state index in [1.54, 1.807) is 11.3 Å². The van der Waals surface area contributed by atoms with Gasteiger partial charge in [0.15, 0.2) is 5.82 Å². The number of aromatic nitrogens is 3. The van der Waals surface area contributed by atoms with Crippen molar-refractivity contribution in [3.8, 4) is 11.5 Å². The molecule has 0 amide bonds. The summed E-state index contributed by atoms with van der Waals surface area (Å²) >= 11 is 1.61. The van der Waals surface area contributed by atoms with Crippen LogP contribution < -0.4 is 5.73 Å². The summed E-state index contributed by atoms with van der Waals surface area (Å²) in [6, 6.07) is 5.62. The quantitative estimate of drug-likeness (QED) is 0.749. The molecule has 2 N–H and O–H groups in total. The molecule has 3 rings (SSSR count). The topological polar surface area (TPSA) is 77.8 Å². The lowest BCUT2D eigenvalue weighted by Crippen LogP contribution is -1.91. The molecule has 20 heavy (non-hydrogen) atoms. The first-order valence-electron chi connectivity index (χ1n) is 6.22. The van der Waals surface area contributed by atoms with Crippen LogP contribution >= 0.6 is 11.3 Å². The summed E-state index contributed by atoms with van der Waals surface area (Å²) in [6.45, 7) is 3.94. The smallest absolute Gasteiger partial charge is 0.258 e. The number of rotatable bonds is 3. The lowest BCUT2D eigenvalue weighted by Gasteiger charge is -2.00. The first kappa shape index (κ1) is 12.8. The SMILES string of the molecule is Cc1csc(Cc2noc(-c3ccc(N)cc3C)n2)n1. The fourth-order valence-electron chi connectivity index (χ4n) is 1.98. The normalized spacial score (nSPS) is 10.9. The van der Waals surface area contributed by atoms with Gasteiger partial charge in [-0.25, -0.2) is 4.98 Å². The van der Waals surface area contributed by atoms with Gasteiger partial charge in [0, 0.05) is 22.3 Å². The molecule has 0 radical (unpaired) electrons. The van der Waals surface area contributed by atoms with Crippen molar-refractivity contribution >= 4 is 17.0 Å². The minimum Gasteiger partial charge on any atom is -0.399 e. The van der Waals surface area contributed by atoms with Gasteiger partial charge in [-0.05, 0) is 37.6 Å². The highest BCUT2D eigenvalue weighted by atomic mass is 32.1. The number of anilines is 1. The van der Waals surface area contributed by atoms with E-state index >= 15 is 0 Å². The Hall–Kier alpha value is -2.21. The molecule has 0 atom stereocenters. The van der Waals surface area contributed by atoms with Crippen molar-refractivity contribution in [3.63, 3.8) is 0 Å². The average molecular weight is 286 g/mol. The van der Waals surface area contributed by atoms with Crippen LogP contribution in [0, 0.1) is 13.8 Å². The van der Waals surface area contributed by atoms with Crippen LogP contribution in [0.3, 0.4) is 0 Å². The van der Waals surface area contributed by atoms with E-state index in [4.69, 9.17) is 10.3 Å². The molecule has 102 valence electrons. The molecular weight excluding hydrogens is 272 g/mol. The van der Waals surface area contributed by atoms with E-state index in [0.717, 1.165) is 27.5 Å². The van der Waals surface area contributed by atoms with Crippen molar-refractivity contribution in [2.24, 2.45) is 0 Å². The predicted molar refractivity (Wildman–Crippen MR) is 78.5 cm³/mol. The summed E-state index contributed by atoms with van der Waals surface area (Å²) in [6.07, 6.45) is 0.593. The highest BCUT2D eigenvalue weighted by Gasteiger charge is 2.12. The third-order valence-corrected chi connectivity index (χ3v) is 3.89. The van der Waals surface area contributed by atoms with Crippen molar-refractivity contribution < 1.29 is 4.52 Å². The maximum atomic E-state index is 5.74. The molecule has 0 bridgehead atoms. The van der Waals surface area contributed by atoms with Crippen molar-refractivity contribution in [1.82, 2.24) is 15.1 Å². The molecule has 1 aromatic carbocycles. The molecule has 0 aliphatic heterocycles. The molecule has 2 aromatic heterocycles. The number of nitrogens with zero attached hydrogens (tertiary/aromatic N) is 3. The Morgan fingerprint density at radius 3 is 2.80 bits per heavy atom. The van der Waals surface area contributed by atoms with Gasteiger partial charge in [0.1, 0.15) is 5.01 Å². The van der Waals surface area contributed by atoms with Gasteiger partial charge in [-0.3, -0.25) is 0 Å². The number of benzene rings is 1. The van der Waals surface area contributed by atoms with Crippen molar-refractivity contribution in [2.45, 2.75) is 20.3 Å². The van der Waals surface area contributed by atoms with E-state index in [1.807, 2.05) is 37.4 Å². The number of nitrogens with two attached hydrogens (primary N) is 1. The summed E-state index contributed by atoms with van der Waals surface area (Å²) in [5, 5.41) is 7.01. The van der Waals surface area contributed by atoms with Gasteiger partial charge in [0.25, 0.3) is 5.89 Å². The third kappa shape index (κ3) is 2.55. The number of hydrogen-bond donors (Lipinski definition) is 1. The van der Waals surface area contributed by atoms with Gasteiger partial charge in [-0.1, -0.05) is 5.16 Å². The van der Waals surface area contributed by atoms with Crippen LogP contribution in [0.1, 0.15) is 22.1 Å². The van der Waals surface area contributed by atoms with Crippen LogP contribution in [0.25, 0.3) is 11.5 Å². The lowest BCUT2D eigenvalue weighted by atomic mass is 10.1. The highest BCUT2D eigenvalue weighted by Crippen LogP contribution is 2.24. The monoisotopic (exact) mass is 286 g/mol. The molecule has 3 aromatic rings. The summed E-state index contributed by atoms with van der Waals surface area (Å²) < 4.78 is 5.33. The largest absolute Gasteiger partial charge is 0.399 e. The second kappa shape index (κ2) is 5.05. The van der Waals surface area contributed by atoms with E-state index in [0.29, 0.717) is 18.1 Å². The van der Waals surface area contributed by atoms with Gasteiger partial charge in [0.2, 0.25) is 0 Å². The van der Waals surface area contributed by atoms with Gasteiger partial charge >= 0.3 is 0 Å². The molecule has 0 aliphatic rings. The van der Waals surface area contributed by atoms with Crippen molar-refractivity contribution in [3.05, 3.63) is 45.7 Å². The number of aryl methyl sites for hydroxylation is 2. The number of hydrogen-bond acceptors (Lipinski definition) is 6. The van der Waals surface area contributed by atoms with Crippen LogP contribution in [0.15, 0.2) is 28.1 Å². The molecule has 2 heterocycles. The van der Waals surface area contributed by atoms with Crippen LogP contribution in [0.4, 0.5) is 5.69 Å². The fourth-order valence-corrected chi connectivity index (χ4v) is 2.75. The van der Waals surface area contributed by atoms with E-state index < -0.39 is 0 Å². The third-order valence-electron chi connectivity index (χ3n) is 2.92. The maximum Gasteiger partial charge on any atom is 0.258 e. The maximum absolute atomic E-state index is 5.74. The Kier molecular flexibility index (Phi) is 3.23. The van der Waals surface area contributed by atoms with E-state index in [-0.39, 0.29) is 0 Å². The van der Waals surface area contributed by atoms with Crippen LogP contribution in [-0.4, -0.2) is 15.1 Å². The molecule has 0 saturated carbocycles. The standard InChI is InChI=1S/C14H14N4OS/c1-8-5-10(15)3-4-11(8)14-17-12(18-19-14)6-13-16-9(2)7-20-13/h3-5,7H,6,15H2,1-2H3. The predicted octanol–water partition coefficient (Wildman–Crippen LogP) is 2.98. The zero-order valence-corrected chi connectivity index (χ0v) is 12.1. The Balaban J connectivity index is 1.86. The zero-order chi connectivity index (χ0) is 14.1. The van der Waals surface area contributed by atoms with E-state index in [9.17, 15) is 0 Å². The molecule has 0 spiro atoms. The Labute approximate surface area is 120 Å². The summed E-state index contributed by atoms with van der Waals surface area (Å²) in [5.74, 6) is 1.16. The van der Waals surface area contributed by atoms with Gasteiger partial charge in [-0.2, -0.15) is 4.98 Å². The Morgan fingerprint density at radius 1 is 1.25 bits per heavy atom. The van der Waals surface area contributed by atoms with Gasteiger partial charge in [0.05, 0.1) is 6.42 Å². The molecule has 0 aliphatic carbocycles. The van der Waals surface area contributed by atoms with Crippen molar-refractivity contribution in [1.29, 1.82) is 0 Å². The van der Waals surface area contributed by atoms with Crippen LogP contribution in [-0.2, 0) is 6.42 Å². The average Bonchev–Trinajstić information content (AvgIpc) is 2.99. The number of thiazole rings is 1. The van der Waals surface area contributed by atoms with E-state index in [2.05, 4.69) is 15.1 Å². The molecule has 5 nitrogen and oxygen atoms in total. The minimum atomic E-state index is 0.519. The molecule has 6 heteroatoms. The second-order valence-corrected chi connectivity index (χ2v) is 5.59. The fraction of sp³-hybridized carbons (Fsp3) is 0.214. The number of nitrogen functional groups attached to an aromatic ring is 1. The first-order valence-corrected chi connectivity index (χ1v) is 7.10. The minimum absolute atomic E-state index is 0.519. The van der Waals surface area contributed by atoms with Gasteiger partial charge in [-0.15, -0.1) is 11.3 Å². The second-order valence-electron chi connectivity index (χ2n) is 4.65. The molecule has 0 unspecified atom stereocenters. The first-order chi connectivity index (χ1) is 9.61. The Morgan fingerprint density at radius 2 is 2.10 bits per heavy atom. The molecule has 0 saturated heterocycles. The van der Waals surface area contributed by atoms with Gasteiger partial charge < -0.3 is 10.3 Å². The van der Waals surface area contributed by atoms with Crippen LogP contribution in [0.2, 0.25) is 0 Å².